The molecule has 0 bridgehead atoms. The molecule has 1 heterocycles. The SMILES string of the molecule is COc1ccc(OC)c(C(C)NC(=O)N(C)C(C)c2ccncc2)c1. The second-order valence-electron chi connectivity index (χ2n) is 5.85. The Morgan fingerprint density at radius 1 is 1.12 bits per heavy atom. The van der Waals surface area contributed by atoms with Gasteiger partial charge in [0.25, 0.3) is 0 Å². The fourth-order valence-corrected chi connectivity index (χ4v) is 2.58. The first-order chi connectivity index (χ1) is 12.0. The van der Waals surface area contributed by atoms with Crippen molar-refractivity contribution in [1.82, 2.24) is 15.2 Å². The number of hydrogen-bond donors (Lipinski definition) is 1. The number of hydrogen-bond acceptors (Lipinski definition) is 4. The summed E-state index contributed by atoms with van der Waals surface area (Å²) in [6.45, 7) is 3.89. The van der Waals surface area contributed by atoms with E-state index in [1.807, 2.05) is 44.2 Å². The molecule has 0 spiro atoms. The monoisotopic (exact) mass is 343 g/mol. The third-order valence-corrected chi connectivity index (χ3v) is 4.33. The molecular weight excluding hydrogens is 318 g/mol. The largest absolute Gasteiger partial charge is 0.497 e. The molecule has 2 unspecified atom stereocenters. The van der Waals surface area contributed by atoms with E-state index in [2.05, 4.69) is 10.3 Å². The fourth-order valence-electron chi connectivity index (χ4n) is 2.58. The highest BCUT2D eigenvalue weighted by Gasteiger charge is 2.21. The highest BCUT2D eigenvalue weighted by Crippen LogP contribution is 2.29. The Labute approximate surface area is 148 Å². The van der Waals surface area contributed by atoms with Crippen LogP contribution in [0.15, 0.2) is 42.7 Å². The second-order valence-corrected chi connectivity index (χ2v) is 5.85. The van der Waals surface area contributed by atoms with Crippen LogP contribution >= 0.6 is 0 Å². The number of benzene rings is 1. The predicted octanol–water partition coefficient (Wildman–Crippen LogP) is 3.56. The molecular formula is C19H25N3O3. The number of aromatic nitrogens is 1. The molecule has 6 heteroatoms. The van der Waals surface area contributed by atoms with Gasteiger partial charge in [0.05, 0.1) is 26.3 Å². The lowest BCUT2D eigenvalue weighted by Crippen LogP contribution is -2.40. The number of carbonyl (C=O) groups is 1. The summed E-state index contributed by atoms with van der Waals surface area (Å²) in [6.07, 6.45) is 3.45. The molecule has 1 aromatic heterocycles. The average Bonchev–Trinajstić information content (AvgIpc) is 2.66. The summed E-state index contributed by atoms with van der Waals surface area (Å²) < 4.78 is 10.7. The van der Waals surface area contributed by atoms with E-state index in [1.54, 1.807) is 38.6 Å². The second kappa shape index (κ2) is 8.37. The van der Waals surface area contributed by atoms with Gasteiger partial charge in [-0.05, 0) is 49.7 Å². The van der Waals surface area contributed by atoms with Crippen LogP contribution < -0.4 is 14.8 Å². The first-order valence-corrected chi connectivity index (χ1v) is 8.13. The summed E-state index contributed by atoms with van der Waals surface area (Å²) in [6, 6.07) is 8.88. The maximum absolute atomic E-state index is 12.6. The van der Waals surface area contributed by atoms with Crippen LogP contribution in [0.2, 0.25) is 0 Å². The first kappa shape index (κ1) is 18.6. The predicted molar refractivity (Wildman–Crippen MR) is 96.9 cm³/mol. The number of amides is 2. The molecule has 0 saturated carbocycles. The van der Waals surface area contributed by atoms with E-state index in [-0.39, 0.29) is 18.1 Å². The molecule has 0 radical (unpaired) electrons. The van der Waals surface area contributed by atoms with Crippen LogP contribution in [0.5, 0.6) is 11.5 Å². The van der Waals surface area contributed by atoms with Gasteiger partial charge < -0.3 is 19.7 Å². The van der Waals surface area contributed by atoms with Crippen molar-refractivity contribution < 1.29 is 14.3 Å². The Morgan fingerprint density at radius 3 is 2.40 bits per heavy atom. The standard InChI is InChI=1S/C19H25N3O3/c1-13(17-12-16(24-4)6-7-18(17)25-5)21-19(23)22(3)14(2)15-8-10-20-11-9-15/h6-14H,1-5H3,(H,21,23). The van der Waals surface area contributed by atoms with E-state index >= 15 is 0 Å². The van der Waals surface area contributed by atoms with Crippen molar-refractivity contribution in [1.29, 1.82) is 0 Å². The first-order valence-electron chi connectivity index (χ1n) is 8.13. The van der Waals surface area contributed by atoms with Gasteiger partial charge in [-0.15, -0.1) is 0 Å². The Bertz CT molecular complexity index is 706. The Hall–Kier alpha value is -2.76. The minimum Gasteiger partial charge on any atom is -0.497 e. The number of urea groups is 1. The van der Waals surface area contributed by atoms with Crippen LogP contribution in [0.4, 0.5) is 4.79 Å². The topological polar surface area (TPSA) is 63.7 Å². The van der Waals surface area contributed by atoms with E-state index in [0.29, 0.717) is 5.75 Å². The van der Waals surface area contributed by atoms with Gasteiger partial charge in [0, 0.05) is 25.0 Å². The summed E-state index contributed by atoms with van der Waals surface area (Å²) in [7, 11) is 4.99. The molecule has 2 atom stereocenters. The van der Waals surface area contributed by atoms with Crippen LogP contribution in [0.3, 0.4) is 0 Å². The lowest BCUT2D eigenvalue weighted by Gasteiger charge is -2.28. The molecule has 0 aliphatic rings. The van der Waals surface area contributed by atoms with E-state index in [0.717, 1.165) is 16.9 Å². The van der Waals surface area contributed by atoms with Crippen molar-refractivity contribution in [2.45, 2.75) is 25.9 Å². The molecule has 25 heavy (non-hydrogen) atoms. The lowest BCUT2D eigenvalue weighted by molar-refractivity contribution is 0.191. The number of pyridine rings is 1. The molecule has 6 nitrogen and oxygen atoms in total. The highest BCUT2D eigenvalue weighted by molar-refractivity contribution is 5.75. The highest BCUT2D eigenvalue weighted by atomic mass is 16.5. The molecule has 2 amide bonds. The molecule has 0 saturated heterocycles. The van der Waals surface area contributed by atoms with Crippen LogP contribution in [0.1, 0.15) is 37.1 Å². The van der Waals surface area contributed by atoms with Gasteiger partial charge in [0.15, 0.2) is 0 Å². The van der Waals surface area contributed by atoms with Crippen LogP contribution in [-0.4, -0.2) is 37.2 Å². The molecule has 2 aromatic rings. The Morgan fingerprint density at radius 2 is 1.80 bits per heavy atom. The number of nitrogens with one attached hydrogen (secondary N) is 1. The third-order valence-electron chi connectivity index (χ3n) is 4.33. The molecule has 1 N–H and O–H groups in total. The lowest BCUT2D eigenvalue weighted by atomic mass is 10.1. The van der Waals surface area contributed by atoms with Crippen molar-refractivity contribution in [3.05, 3.63) is 53.9 Å². The van der Waals surface area contributed by atoms with Crippen molar-refractivity contribution >= 4 is 6.03 Å². The van der Waals surface area contributed by atoms with Gasteiger partial charge >= 0.3 is 6.03 Å². The number of ether oxygens (including phenoxy) is 2. The van der Waals surface area contributed by atoms with Gasteiger partial charge in [0.1, 0.15) is 11.5 Å². The smallest absolute Gasteiger partial charge is 0.318 e. The number of carbonyl (C=O) groups excluding carboxylic acids is 1. The van der Waals surface area contributed by atoms with Crippen molar-refractivity contribution in [2.75, 3.05) is 21.3 Å². The summed E-state index contributed by atoms with van der Waals surface area (Å²) in [5.41, 5.74) is 1.89. The van der Waals surface area contributed by atoms with Crippen LogP contribution in [0, 0.1) is 0 Å². The minimum absolute atomic E-state index is 0.0672. The average molecular weight is 343 g/mol. The van der Waals surface area contributed by atoms with Crippen molar-refractivity contribution in [2.24, 2.45) is 0 Å². The summed E-state index contributed by atoms with van der Waals surface area (Å²) in [5.74, 6) is 1.42. The molecule has 0 aliphatic heterocycles. The summed E-state index contributed by atoms with van der Waals surface area (Å²) >= 11 is 0. The van der Waals surface area contributed by atoms with E-state index in [1.165, 1.54) is 0 Å². The zero-order valence-corrected chi connectivity index (χ0v) is 15.3. The van der Waals surface area contributed by atoms with Crippen molar-refractivity contribution in [3.8, 4) is 11.5 Å². The Kier molecular flexibility index (Phi) is 6.22. The van der Waals surface area contributed by atoms with Gasteiger partial charge in [-0.1, -0.05) is 0 Å². The van der Waals surface area contributed by atoms with Crippen LogP contribution in [0.25, 0.3) is 0 Å². The number of methoxy groups -OCH3 is 2. The molecule has 1 aromatic carbocycles. The van der Waals surface area contributed by atoms with Gasteiger partial charge in [0.2, 0.25) is 0 Å². The third kappa shape index (κ3) is 4.41. The maximum atomic E-state index is 12.6. The van der Waals surface area contributed by atoms with Gasteiger partial charge in [-0.25, -0.2) is 4.79 Å². The summed E-state index contributed by atoms with van der Waals surface area (Å²) in [5, 5.41) is 3.01. The quantitative estimate of drug-likeness (QED) is 0.871. The van der Waals surface area contributed by atoms with Gasteiger partial charge in [-0.3, -0.25) is 4.98 Å². The van der Waals surface area contributed by atoms with E-state index < -0.39 is 0 Å². The minimum atomic E-state index is -0.232. The van der Waals surface area contributed by atoms with Crippen molar-refractivity contribution in [3.63, 3.8) is 0 Å². The van der Waals surface area contributed by atoms with E-state index in [9.17, 15) is 4.79 Å². The number of nitrogens with zero attached hydrogens (tertiary/aromatic N) is 2. The molecule has 0 fully saturated rings. The Balaban J connectivity index is 2.11. The normalized spacial score (nSPS) is 12.8. The molecule has 134 valence electrons. The fraction of sp³-hybridized carbons (Fsp3) is 0.368. The molecule has 0 aliphatic carbocycles. The van der Waals surface area contributed by atoms with Crippen LogP contribution in [-0.2, 0) is 0 Å². The zero-order valence-electron chi connectivity index (χ0n) is 15.3. The maximum Gasteiger partial charge on any atom is 0.318 e. The zero-order chi connectivity index (χ0) is 18.4. The van der Waals surface area contributed by atoms with Gasteiger partial charge in [-0.2, -0.15) is 0 Å². The molecule has 2 rings (SSSR count). The number of rotatable bonds is 6. The van der Waals surface area contributed by atoms with E-state index in [4.69, 9.17) is 9.47 Å². The summed E-state index contributed by atoms with van der Waals surface area (Å²) in [4.78, 5) is 18.3.